The van der Waals surface area contributed by atoms with Crippen LogP contribution < -0.4 is 4.74 Å². The van der Waals surface area contributed by atoms with Crippen LogP contribution in [-0.2, 0) is 24.0 Å². The van der Waals surface area contributed by atoms with Gasteiger partial charge in [0.1, 0.15) is 6.61 Å². The molecule has 4 nitrogen and oxygen atoms in total. The van der Waals surface area contributed by atoms with Crippen LogP contribution >= 0.6 is 0 Å². The van der Waals surface area contributed by atoms with Crippen LogP contribution in [-0.4, -0.2) is 16.1 Å². The summed E-state index contributed by atoms with van der Waals surface area (Å²) < 4.78 is 47.0. The monoisotopic (exact) mass is 479 g/mol. The van der Waals surface area contributed by atoms with E-state index >= 15 is 0 Å². The summed E-state index contributed by atoms with van der Waals surface area (Å²) in [6.45, 7) is 2.31. The topological polar surface area (TPSA) is 59.4 Å². The molecule has 7 heteroatoms. The molecule has 1 N–H and O–H groups in total. The Labute approximate surface area is 200 Å². The van der Waals surface area contributed by atoms with Gasteiger partial charge in [-0.15, -0.1) is 0 Å². The van der Waals surface area contributed by atoms with Crippen molar-refractivity contribution in [3.63, 3.8) is 0 Å². The van der Waals surface area contributed by atoms with Crippen LogP contribution in [0.3, 0.4) is 0 Å². The Morgan fingerprint density at radius 1 is 1.09 bits per heavy atom. The number of rotatable bonds is 5. The smallest absolute Gasteiger partial charge is 0.416 e. The predicted molar refractivity (Wildman–Crippen MR) is 122 cm³/mol. The predicted octanol–water partition coefficient (Wildman–Crippen LogP) is 6.29. The van der Waals surface area contributed by atoms with Crippen molar-refractivity contribution in [2.75, 3.05) is 0 Å². The third-order valence-electron chi connectivity index (χ3n) is 7.94. The molecule has 1 saturated carbocycles. The molecule has 6 rings (SSSR count). The van der Waals surface area contributed by atoms with Gasteiger partial charge in [0.15, 0.2) is 0 Å². The number of fused-ring (bicyclic) bond motifs is 4. The number of benzene rings is 2. The summed E-state index contributed by atoms with van der Waals surface area (Å²) in [5, 5.41) is 9.28. The summed E-state index contributed by atoms with van der Waals surface area (Å²) in [5.41, 5.74) is 4.74. The number of nitrogens with zero attached hydrogens (tertiary/aromatic N) is 1. The Morgan fingerprint density at radius 3 is 2.66 bits per heavy atom. The summed E-state index contributed by atoms with van der Waals surface area (Å²) in [6, 6.07) is 13.7. The minimum atomic E-state index is -4.40. The van der Waals surface area contributed by atoms with Crippen molar-refractivity contribution in [3.8, 4) is 5.88 Å². The summed E-state index contributed by atoms with van der Waals surface area (Å²) >= 11 is 0. The number of halogens is 3. The number of hydrogen-bond acceptors (Lipinski definition) is 3. The maximum Gasteiger partial charge on any atom is 0.416 e. The van der Waals surface area contributed by atoms with Crippen LogP contribution in [0.25, 0.3) is 0 Å². The molecule has 3 aliphatic carbocycles. The fraction of sp³-hybridized carbons (Fsp3) is 0.357. The third-order valence-corrected chi connectivity index (χ3v) is 7.94. The van der Waals surface area contributed by atoms with Crippen molar-refractivity contribution in [1.29, 1.82) is 0 Å². The number of alkyl halides is 3. The van der Waals surface area contributed by atoms with Gasteiger partial charge in [-0.2, -0.15) is 13.2 Å². The fourth-order valence-electron chi connectivity index (χ4n) is 6.27. The van der Waals surface area contributed by atoms with Gasteiger partial charge in [0.05, 0.1) is 11.5 Å². The summed E-state index contributed by atoms with van der Waals surface area (Å²) in [7, 11) is 0. The molecule has 0 saturated heterocycles. The Kier molecular flexibility index (Phi) is 4.95. The Morgan fingerprint density at radius 2 is 1.89 bits per heavy atom. The van der Waals surface area contributed by atoms with Gasteiger partial charge in [0, 0.05) is 24.1 Å². The van der Waals surface area contributed by atoms with Crippen molar-refractivity contribution in [2.24, 2.45) is 11.8 Å². The first-order chi connectivity index (χ1) is 16.7. The van der Waals surface area contributed by atoms with Crippen LogP contribution in [0, 0.1) is 11.8 Å². The summed E-state index contributed by atoms with van der Waals surface area (Å²) in [4.78, 5) is 15.7. The highest BCUT2D eigenvalue weighted by molar-refractivity contribution is 5.77. The Hall–Kier alpha value is -3.35. The van der Waals surface area contributed by atoms with E-state index in [0.717, 1.165) is 40.3 Å². The molecule has 1 fully saturated rings. The number of aliphatic carboxylic acids is 1. The molecule has 0 bridgehead atoms. The molecule has 3 aromatic rings. The van der Waals surface area contributed by atoms with E-state index in [9.17, 15) is 23.1 Å². The molecule has 0 radical (unpaired) electrons. The first-order valence-corrected chi connectivity index (χ1v) is 11.9. The molecule has 3 aliphatic rings. The molecule has 0 amide bonds. The highest BCUT2D eigenvalue weighted by Gasteiger charge is 2.60. The lowest BCUT2D eigenvalue weighted by molar-refractivity contribution is -0.139. The Bertz CT molecular complexity index is 1340. The second kappa shape index (κ2) is 7.83. The van der Waals surface area contributed by atoms with E-state index in [0.29, 0.717) is 17.9 Å². The number of aromatic nitrogens is 1. The van der Waals surface area contributed by atoms with Gasteiger partial charge in [-0.3, -0.25) is 4.79 Å². The van der Waals surface area contributed by atoms with Crippen LogP contribution in [0.1, 0.15) is 70.0 Å². The second-order valence-corrected chi connectivity index (χ2v) is 10.0. The van der Waals surface area contributed by atoms with Gasteiger partial charge in [0.2, 0.25) is 5.88 Å². The Balaban J connectivity index is 1.22. The lowest BCUT2D eigenvalue weighted by atomic mass is 9.88. The van der Waals surface area contributed by atoms with Crippen molar-refractivity contribution < 1.29 is 27.8 Å². The third kappa shape index (κ3) is 3.68. The van der Waals surface area contributed by atoms with E-state index in [-0.39, 0.29) is 36.2 Å². The van der Waals surface area contributed by atoms with Gasteiger partial charge in [0.25, 0.3) is 0 Å². The summed E-state index contributed by atoms with van der Waals surface area (Å²) in [5.74, 6) is -0.470. The van der Waals surface area contributed by atoms with E-state index in [2.05, 4.69) is 11.9 Å². The molecular weight excluding hydrogens is 455 g/mol. The normalized spacial score (nSPS) is 26.1. The molecular formula is C28H24F3NO3. The van der Waals surface area contributed by atoms with Gasteiger partial charge >= 0.3 is 12.1 Å². The van der Waals surface area contributed by atoms with Gasteiger partial charge < -0.3 is 9.84 Å². The maximum absolute atomic E-state index is 13.7. The first-order valence-electron chi connectivity index (χ1n) is 11.9. The number of carboxylic acids is 1. The van der Waals surface area contributed by atoms with Crippen molar-refractivity contribution in [2.45, 2.75) is 50.3 Å². The zero-order valence-electron chi connectivity index (χ0n) is 19.0. The highest BCUT2D eigenvalue weighted by atomic mass is 19.4. The minimum Gasteiger partial charge on any atom is -0.481 e. The number of carbonyl (C=O) groups is 1. The molecule has 0 aliphatic heterocycles. The molecule has 2 aromatic carbocycles. The average Bonchev–Trinajstić information content (AvgIpc) is 3.27. The van der Waals surface area contributed by atoms with Crippen molar-refractivity contribution in [3.05, 3.63) is 93.7 Å². The van der Waals surface area contributed by atoms with Crippen molar-refractivity contribution >= 4 is 5.97 Å². The minimum absolute atomic E-state index is 0.0688. The number of hydrogen-bond donors (Lipinski definition) is 1. The van der Waals surface area contributed by atoms with E-state index in [1.807, 2.05) is 24.3 Å². The maximum atomic E-state index is 13.7. The molecule has 1 aromatic heterocycles. The first kappa shape index (κ1) is 22.1. The summed E-state index contributed by atoms with van der Waals surface area (Å²) in [6.07, 6.45) is -1.30. The number of ether oxygens (including phenoxy) is 1. The second-order valence-electron chi connectivity index (χ2n) is 10.0. The van der Waals surface area contributed by atoms with Gasteiger partial charge in [-0.05, 0) is 64.1 Å². The molecule has 35 heavy (non-hydrogen) atoms. The zero-order chi connectivity index (χ0) is 24.5. The molecule has 5 atom stereocenters. The molecule has 0 spiro atoms. The van der Waals surface area contributed by atoms with Crippen molar-refractivity contribution in [1.82, 2.24) is 4.98 Å². The zero-order valence-corrected chi connectivity index (χ0v) is 19.0. The van der Waals surface area contributed by atoms with Crippen LogP contribution in [0.4, 0.5) is 13.2 Å². The molecule has 1 heterocycles. The largest absolute Gasteiger partial charge is 0.481 e. The lowest BCUT2D eigenvalue weighted by Crippen LogP contribution is -2.12. The quantitative estimate of drug-likeness (QED) is 0.467. The van der Waals surface area contributed by atoms with E-state index in [1.165, 1.54) is 6.07 Å². The van der Waals surface area contributed by atoms with Crippen LogP contribution in [0.15, 0.2) is 54.7 Å². The van der Waals surface area contributed by atoms with E-state index < -0.39 is 17.7 Å². The van der Waals surface area contributed by atoms with E-state index in [1.54, 1.807) is 18.3 Å². The van der Waals surface area contributed by atoms with Gasteiger partial charge in [-0.1, -0.05) is 43.3 Å². The molecule has 180 valence electrons. The average molecular weight is 479 g/mol. The number of carboxylic acid groups (broad SMARTS) is 1. The SMILES string of the molecule is CC1CC(c2ccccc2C(F)(F)F)c2cc(COc3cc4c(cn3)C3C(C4)C3C(=O)O)ccc21. The van der Waals surface area contributed by atoms with Crippen LogP contribution in [0.2, 0.25) is 0 Å². The standard InChI is InChI=1S/C28H24F3NO3/c1-14-8-19(18-4-2-3-5-23(18)28(29,30)31)20-9-15(6-7-17(14)20)13-35-24-11-16-10-21-25(22(16)12-32-24)26(21)27(33)34/h2-7,9,11-12,14,19,21,25-26H,8,10,13H2,1H3,(H,33,34). The van der Waals surface area contributed by atoms with E-state index in [4.69, 9.17) is 4.74 Å². The van der Waals surface area contributed by atoms with Crippen LogP contribution in [0.5, 0.6) is 5.88 Å². The number of pyridine rings is 1. The lowest BCUT2D eigenvalue weighted by Gasteiger charge is -2.19. The molecule has 5 unspecified atom stereocenters. The fourth-order valence-corrected chi connectivity index (χ4v) is 6.27. The van der Waals surface area contributed by atoms with Gasteiger partial charge in [-0.25, -0.2) is 4.98 Å². The highest BCUT2D eigenvalue weighted by Crippen LogP contribution is 2.61.